The number of aromatic nitrogens is 4. The molecule has 0 atom stereocenters. The normalized spacial score (nSPS) is 20.1. The highest BCUT2D eigenvalue weighted by Crippen LogP contribution is 2.29. The molecule has 0 spiro atoms. The molecule has 0 bridgehead atoms. The van der Waals surface area contributed by atoms with E-state index in [-0.39, 0.29) is 0 Å². The van der Waals surface area contributed by atoms with E-state index in [1.807, 2.05) is 20.8 Å². The Morgan fingerprint density at radius 3 is 2.78 bits per heavy atom. The Kier molecular flexibility index (Phi) is 5.64. The molecular weight excluding hydrogens is 340 g/mol. The highest BCUT2D eigenvalue weighted by molar-refractivity contribution is 5.55. The van der Waals surface area contributed by atoms with Crippen LogP contribution in [0.4, 0.5) is 11.6 Å². The molecule has 1 fully saturated rings. The molecule has 7 heteroatoms. The predicted octanol–water partition coefficient (Wildman–Crippen LogP) is 4.19. The first-order valence-corrected chi connectivity index (χ1v) is 9.58. The Labute approximate surface area is 160 Å². The fourth-order valence-corrected chi connectivity index (χ4v) is 3.22. The van der Waals surface area contributed by atoms with Crippen molar-refractivity contribution in [1.82, 2.24) is 19.7 Å². The van der Waals surface area contributed by atoms with E-state index in [9.17, 15) is 5.26 Å². The van der Waals surface area contributed by atoms with Gasteiger partial charge < -0.3 is 10.1 Å². The first kappa shape index (κ1) is 19.2. The van der Waals surface area contributed by atoms with Crippen molar-refractivity contribution >= 4 is 11.6 Å². The van der Waals surface area contributed by atoms with Gasteiger partial charge in [0.05, 0.1) is 30.3 Å². The smallest absolute Gasteiger partial charge is 0.230 e. The summed E-state index contributed by atoms with van der Waals surface area (Å²) in [6.07, 6.45) is 8.51. The Morgan fingerprint density at radius 1 is 1.33 bits per heavy atom. The fourth-order valence-electron chi connectivity index (χ4n) is 3.22. The maximum absolute atomic E-state index is 9.28. The molecule has 0 radical (unpaired) electrons. The summed E-state index contributed by atoms with van der Waals surface area (Å²) >= 11 is 0. The summed E-state index contributed by atoms with van der Waals surface area (Å²) in [5, 5.41) is 16.9. The fraction of sp³-hybridized carbons (Fsp3) is 0.600. The SMILES string of the molecule is Cc1nn(C(C)(C)C#N)cc1Nc1nccc(OCC2CCC(C)CC2)n1. The van der Waals surface area contributed by atoms with Crippen LogP contribution in [0, 0.1) is 30.1 Å². The summed E-state index contributed by atoms with van der Waals surface area (Å²) in [4.78, 5) is 8.72. The lowest BCUT2D eigenvalue weighted by Crippen LogP contribution is -2.24. The molecule has 2 heterocycles. The van der Waals surface area contributed by atoms with Gasteiger partial charge in [-0.3, -0.25) is 4.68 Å². The molecular formula is C20H28N6O. The second-order valence-electron chi connectivity index (χ2n) is 8.02. The third-order valence-electron chi connectivity index (χ3n) is 5.22. The van der Waals surface area contributed by atoms with Crippen molar-refractivity contribution in [2.75, 3.05) is 11.9 Å². The molecule has 0 aliphatic heterocycles. The lowest BCUT2D eigenvalue weighted by atomic mass is 9.83. The maximum atomic E-state index is 9.28. The van der Waals surface area contributed by atoms with Gasteiger partial charge in [-0.2, -0.15) is 15.3 Å². The molecule has 0 unspecified atom stereocenters. The number of hydrogen-bond donors (Lipinski definition) is 1. The maximum Gasteiger partial charge on any atom is 0.230 e. The van der Waals surface area contributed by atoms with Crippen molar-refractivity contribution < 1.29 is 4.74 Å². The molecule has 0 aromatic carbocycles. The van der Waals surface area contributed by atoms with Crippen LogP contribution in [0.15, 0.2) is 18.5 Å². The van der Waals surface area contributed by atoms with E-state index < -0.39 is 5.54 Å². The minimum atomic E-state index is -0.714. The molecule has 1 saturated carbocycles. The van der Waals surface area contributed by atoms with Crippen LogP contribution in [0.25, 0.3) is 0 Å². The van der Waals surface area contributed by atoms with E-state index in [1.54, 1.807) is 23.1 Å². The number of nitrogens with one attached hydrogen (secondary N) is 1. The minimum Gasteiger partial charge on any atom is -0.477 e. The summed E-state index contributed by atoms with van der Waals surface area (Å²) in [7, 11) is 0. The number of aryl methyl sites for hydroxylation is 1. The van der Waals surface area contributed by atoms with Gasteiger partial charge in [-0.05, 0) is 45.4 Å². The van der Waals surface area contributed by atoms with Crippen molar-refractivity contribution in [2.45, 2.75) is 58.9 Å². The van der Waals surface area contributed by atoms with Gasteiger partial charge in [0.25, 0.3) is 0 Å². The zero-order valence-electron chi connectivity index (χ0n) is 16.6. The number of nitriles is 1. The van der Waals surface area contributed by atoms with Gasteiger partial charge in [0.2, 0.25) is 11.8 Å². The third kappa shape index (κ3) is 4.76. The summed E-state index contributed by atoms with van der Waals surface area (Å²) in [6.45, 7) is 8.55. The summed E-state index contributed by atoms with van der Waals surface area (Å²) in [6, 6.07) is 4.03. The molecule has 7 nitrogen and oxygen atoms in total. The third-order valence-corrected chi connectivity index (χ3v) is 5.22. The van der Waals surface area contributed by atoms with E-state index >= 15 is 0 Å². The number of rotatable bonds is 6. The van der Waals surface area contributed by atoms with Crippen LogP contribution in [0.3, 0.4) is 0 Å². The Balaban J connectivity index is 1.63. The second-order valence-corrected chi connectivity index (χ2v) is 8.02. The van der Waals surface area contributed by atoms with Crippen LogP contribution in [-0.4, -0.2) is 26.4 Å². The molecule has 0 saturated heterocycles. The highest BCUT2D eigenvalue weighted by atomic mass is 16.5. The first-order valence-electron chi connectivity index (χ1n) is 9.58. The Hall–Kier alpha value is -2.62. The highest BCUT2D eigenvalue weighted by Gasteiger charge is 2.22. The summed E-state index contributed by atoms with van der Waals surface area (Å²) in [5.74, 6) is 2.49. The van der Waals surface area contributed by atoms with Gasteiger partial charge in [-0.1, -0.05) is 19.8 Å². The van der Waals surface area contributed by atoms with Crippen LogP contribution in [0.5, 0.6) is 5.88 Å². The number of hydrogen-bond acceptors (Lipinski definition) is 6. The number of ether oxygens (including phenoxy) is 1. The molecule has 2 aromatic rings. The largest absolute Gasteiger partial charge is 0.477 e. The van der Waals surface area contributed by atoms with Crippen molar-refractivity contribution in [2.24, 2.45) is 11.8 Å². The minimum absolute atomic E-state index is 0.460. The van der Waals surface area contributed by atoms with Gasteiger partial charge in [-0.15, -0.1) is 0 Å². The molecule has 2 aromatic heterocycles. The zero-order chi connectivity index (χ0) is 19.4. The lowest BCUT2D eigenvalue weighted by molar-refractivity contribution is 0.183. The topological polar surface area (TPSA) is 88.7 Å². The van der Waals surface area contributed by atoms with Crippen LogP contribution < -0.4 is 10.1 Å². The van der Waals surface area contributed by atoms with E-state index in [1.165, 1.54) is 25.7 Å². The quantitative estimate of drug-likeness (QED) is 0.822. The van der Waals surface area contributed by atoms with Crippen molar-refractivity contribution in [3.05, 3.63) is 24.2 Å². The van der Waals surface area contributed by atoms with Crippen molar-refractivity contribution in [1.29, 1.82) is 5.26 Å². The predicted molar refractivity (Wildman–Crippen MR) is 104 cm³/mol. The van der Waals surface area contributed by atoms with Gasteiger partial charge in [-0.25, -0.2) is 4.98 Å². The standard InChI is InChI=1S/C20H28N6O/c1-14-5-7-16(8-6-14)12-27-18-9-10-22-19(24-18)23-17-11-26(25-15(17)2)20(3,4)13-21/h9-11,14,16H,5-8,12H2,1-4H3,(H,22,23,24). The van der Waals surface area contributed by atoms with Crippen LogP contribution in [-0.2, 0) is 5.54 Å². The van der Waals surface area contributed by atoms with Gasteiger partial charge in [0.1, 0.15) is 5.54 Å². The molecule has 3 rings (SSSR count). The summed E-state index contributed by atoms with van der Waals surface area (Å²) < 4.78 is 7.56. The Morgan fingerprint density at radius 2 is 2.07 bits per heavy atom. The zero-order valence-corrected chi connectivity index (χ0v) is 16.6. The Bertz CT molecular complexity index is 814. The van der Waals surface area contributed by atoms with E-state index in [0.29, 0.717) is 24.4 Å². The second kappa shape index (κ2) is 7.95. The van der Waals surface area contributed by atoms with Gasteiger partial charge >= 0.3 is 0 Å². The lowest BCUT2D eigenvalue weighted by Gasteiger charge is -2.25. The summed E-state index contributed by atoms with van der Waals surface area (Å²) in [5.41, 5.74) is 0.842. The monoisotopic (exact) mass is 368 g/mol. The van der Waals surface area contributed by atoms with E-state index in [0.717, 1.165) is 17.3 Å². The number of anilines is 2. The van der Waals surface area contributed by atoms with E-state index in [2.05, 4.69) is 33.4 Å². The van der Waals surface area contributed by atoms with Crippen molar-refractivity contribution in [3.8, 4) is 11.9 Å². The van der Waals surface area contributed by atoms with Gasteiger partial charge in [0.15, 0.2) is 0 Å². The van der Waals surface area contributed by atoms with E-state index in [4.69, 9.17) is 4.74 Å². The van der Waals surface area contributed by atoms with Gasteiger partial charge in [0, 0.05) is 12.3 Å². The molecule has 27 heavy (non-hydrogen) atoms. The van der Waals surface area contributed by atoms with Crippen molar-refractivity contribution in [3.63, 3.8) is 0 Å². The van der Waals surface area contributed by atoms with Crippen LogP contribution in [0.1, 0.15) is 52.1 Å². The average Bonchev–Trinajstić information content (AvgIpc) is 3.03. The molecule has 0 amide bonds. The molecule has 144 valence electrons. The van der Waals surface area contributed by atoms with Crippen LogP contribution >= 0.6 is 0 Å². The molecule has 1 N–H and O–H groups in total. The van der Waals surface area contributed by atoms with Crippen LogP contribution in [0.2, 0.25) is 0 Å². The first-order chi connectivity index (χ1) is 12.9. The average molecular weight is 368 g/mol. The number of nitrogens with zero attached hydrogens (tertiary/aromatic N) is 5. The molecule has 1 aliphatic rings. The molecule has 1 aliphatic carbocycles.